The molecular formula is C7H6F3N2. The lowest BCUT2D eigenvalue weighted by Gasteiger charge is -2.07. The Bertz CT molecular complexity index is 232. The third-order valence-electron chi connectivity index (χ3n) is 1.09. The molecule has 1 rings (SSSR count). The van der Waals surface area contributed by atoms with Gasteiger partial charge in [0.15, 0.2) is 0 Å². The van der Waals surface area contributed by atoms with Crippen LogP contribution in [0.25, 0.3) is 0 Å². The lowest BCUT2D eigenvalue weighted by atomic mass is 10.4. The van der Waals surface area contributed by atoms with E-state index in [2.05, 4.69) is 16.4 Å². The highest BCUT2D eigenvalue weighted by molar-refractivity contribution is 5.32. The Balaban J connectivity index is 2.44. The zero-order chi connectivity index (χ0) is 9.03. The van der Waals surface area contributed by atoms with E-state index in [4.69, 9.17) is 0 Å². The van der Waals surface area contributed by atoms with Crippen LogP contribution in [0.2, 0.25) is 0 Å². The van der Waals surface area contributed by atoms with E-state index in [-0.39, 0.29) is 5.82 Å². The van der Waals surface area contributed by atoms with Gasteiger partial charge < -0.3 is 5.32 Å². The first-order chi connectivity index (χ1) is 5.58. The van der Waals surface area contributed by atoms with Crippen LogP contribution in [-0.4, -0.2) is 17.7 Å². The van der Waals surface area contributed by atoms with Gasteiger partial charge in [0, 0.05) is 12.3 Å². The molecule has 1 radical (unpaired) electrons. The quantitative estimate of drug-likeness (QED) is 0.741. The summed E-state index contributed by atoms with van der Waals surface area (Å²) in [6, 6.07) is 5.51. The fourth-order valence-corrected chi connectivity index (χ4v) is 0.615. The summed E-state index contributed by atoms with van der Waals surface area (Å²) in [7, 11) is 0. The normalized spacial score (nSPS) is 11.2. The minimum atomic E-state index is -4.21. The summed E-state index contributed by atoms with van der Waals surface area (Å²) >= 11 is 0. The van der Waals surface area contributed by atoms with E-state index in [1.54, 1.807) is 0 Å². The van der Waals surface area contributed by atoms with E-state index in [0.717, 1.165) is 0 Å². The molecule has 0 unspecified atom stereocenters. The second-order valence-electron chi connectivity index (χ2n) is 2.11. The van der Waals surface area contributed by atoms with Crippen LogP contribution in [0.3, 0.4) is 0 Å². The van der Waals surface area contributed by atoms with E-state index >= 15 is 0 Å². The number of rotatable bonds is 2. The van der Waals surface area contributed by atoms with E-state index in [0.29, 0.717) is 0 Å². The van der Waals surface area contributed by atoms with Crippen LogP contribution in [-0.2, 0) is 0 Å². The summed E-state index contributed by atoms with van der Waals surface area (Å²) in [6.45, 7) is -1.07. The van der Waals surface area contributed by atoms with Gasteiger partial charge in [-0.1, -0.05) is 0 Å². The van der Waals surface area contributed by atoms with Gasteiger partial charge in [0.05, 0.1) is 0 Å². The van der Waals surface area contributed by atoms with Gasteiger partial charge in [-0.2, -0.15) is 13.2 Å². The molecule has 1 aromatic heterocycles. The minimum absolute atomic E-state index is 0.200. The van der Waals surface area contributed by atoms with Gasteiger partial charge in [0.2, 0.25) is 0 Å². The van der Waals surface area contributed by atoms with Crippen molar-refractivity contribution in [2.45, 2.75) is 6.18 Å². The Morgan fingerprint density at radius 2 is 2.25 bits per heavy atom. The van der Waals surface area contributed by atoms with Gasteiger partial charge in [0.25, 0.3) is 0 Å². The van der Waals surface area contributed by atoms with E-state index in [1.807, 2.05) is 0 Å². The Morgan fingerprint density at radius 3 is 2.75 bits per heavy atom. The number of nitrogens with zero attached hydrogens (tertiary/aromatic N) is 1. The Morgan fingerprint density at radius 1 is 1.50 bits per heavy atom. The molecule has 0 aliphatic heterocycles. The summed E-state index contributed by atoms with van der Waals surface area (Å²) < 4.78 is 34.9. The number of nitrogens with one attached hydrogen (secondary N) is 1. The molecule has 1 N–H and O–H groups in total. The second-order valence-corrected chi connectivity index (χ2v) is 2.11. The van der Waals surface area contributed by atoms with Gasteiger partial charge in [-0.25, -0.2) is 4.98 Å². The molecule has 0 fully saturated rings. The van der Waals surface area contributed by atoms with Crippen molar-refractivity contribution in [3.8, 4) is 0 Å². The van der Waals surface area contributed by atoms with Crippen LogP contribution in [0.4, 0.5) is 19.0 Å². The maximum Gasteiger partial charge on any atom is 0.405 e. The molecule has 5 heteroatoms. The molecular weight excluding hydrogens is 169 g/mol. The van der Waals surface area contributed by atoms with Gasteiger partial charge >= 0.3 is 6.18 Å². The molecule has 1 aromatic rings. The van der Waals surface area contributed by atoms with Crippen molar-refractivity contribution in [3.05, 3.63) is 24.4 Å². The first-order valence-corrected chi connectivity index (χ1v) is 3.21. The van der Waals surface area contributed by atoms with E-state index < -0.39 is 12.7 Å². The zero-order valence-corrected chi connectivity index (χ0v) is 6.02. The lowest BCUT2D eigenvalue weighted by Crippen LogP contribution is -2.21. The molecule has 0 aromatic carbocycles. The molecule has 12 heavy (non-hydrogen) atoms. The Labute approximate surface area is 67.4 Å². The van der Waals surface area contributed by atoms with Crippen molar-refractivity contribution >= 4 is 5.82 Å². The molecule has 0 saturated carbocycles. The maximum atomic E-state index is 11.6. The van der Waals surface area contributed by atoms with Gasteiger partial charge in [-0.15, -0.1) is 0 Å². The van der Waals surface area contributed by atoms with E-state index in [1.165, 1.54) is 18.3 Å². The molecule has 2 nitrogen and oxygen atoms in total. The number of hydrogen-bond donors (Lipinski definition) is 1. The molecule has 1 heterocycles. The molecule has 0 aliphatic carbocycles. The number of alkyl halides is 3. The molecule has 0 bridgehead atoms. The standard InChI is InChI=1S/C7H6F3N2/c8-7(9,10)5-12-6-3-1-2-4-11-6/h1,3-4H,5H2,(H,11,12). The molecule has 65 valence electrons. The number of halogens is 3. The number of hydrogen-bond acceptors (Lipinski definition) is 2. The monoisotopic (exact) mass is 175 g/mol. The van der Waals surface area contributed by atoms with Gasteiger partial charge in [-0.05, 0) is 12.1 Å². The van der Waals surface area contributed by atoms with Crippen molar-refractivity contribution < 1.29 is 13.2 Å². The predicted molar refractivity (Wildman–Crippen MR) is 37.6 cm³/mol. The summed E-state index contributed by atoms with van der Waals surface area (Å²) in [4.78, 5) is 3.62. The highest BCUT2D eigenvalue weighted by atomic mass is 19.4. The third-order valence-corrected chi connectivity index (χ3v) is 1.09. The number of aromatic nitrogens is 1. The Hall–Kier alpha value is -1.26. The fraction of sp³-hybridized carbons (Fsp3) is 0.286. The minimum Gasteiger partial charge on any atom is -0.361 e. The summed E-state index contributed by atoms with van der Waals surface area (Å²) in [6.07, 6.45) is -2.90. The molecule has 0 amide bonds. The first kappa shape index (κ1) is 8.83. The molecule has 0 spiro atoms. The van der Waals surface area contributed by atoms with Crippen LogP contribution in [0.1, 0.15) is 0 Å². The van der Waals surface area contributed by atoms with Crippen molar-refractivity contribution in [2.75, 3.05) is 11.9 Å². The third kappa shape index (κ3) is 3.23. The smallest absolute Gasteiger partial charge is 0.361 e. The molecule has 0 atom stereocenters. The predicted octanol–water partition coefficient (Wildman–Crippen LogP) is 1.86. The molecule has 0 saturated heterocycles. The van der Waals surface area contributed by atoms with Crippen molar-refractivity contribution in [2.24, 2.45) is 0 Å². The number of anilines is 1. The first-order valence-electron chi connectivity index (χ1n) is 3.21. The Kier molecular flexibility index (Phi) is 2.52. The van der Waals surface area contributed by atoms with Crippen molar-refractivity contribution in [1.82, 2.24) is 4.98 Å². The number of pyridine rings is 1. The zero-order valence-electron chi connectivity index (χ0n) is 6.02. The fourth-order valence-electron chi connectivity index (χ4n) is 0.615. The van der Waals surface area contributed by atoms with Crippen molar-refractivity contribution in [1.29, 1.82) is 0 Å². The lowest BCUT2D eigenvalue weighted by molar-refractivity contribution is -0.115. The van der Waals surface area contributed by atoms with Gasteiger partial charge in [0.1, 0.15) is 12.4 Å². The summed E-state index contributed by atoms with van der Waals surface area (Å²) in [5.74, 6) is 0.200. The highest BCUT2D eigenvalue weighted by Gasteiger charge is 2.26. The van der Waals surface area contributed by atoms with E-state index in [9.17, 15) is 13.2 Å². The summed E-state index contributed by atoms with van der Waals surface area (Å²) in [5, 5.41) is 2.13. The van der Waals surface area contributed by atoms with Crippen molar-refractivity contribution in [3.63, 3.8) is 0 Å². The summed E-state index contributed by atoms with van der Waals surface area (Å²) in [5.41, 5.74) is 0. The maximum absolute atomic E-state index is 11.6. The van der Waals surface area contributed by atoms with Crippen LogP contribution in [0.5, 0.6) is 0 Å². The van der Waals surface area contributed by atoms with Crippen LogP contribution in [0, 0.1) is 6.07 Å². The SMILES string of the molecule is FC(F)(F)CNc1cc[c]cn1. The van der Waals surface area contributed by atoms with Crippen LogP contribution in [0.15, 0.2) is 18.3 Å². The topological polar surface area (TPSA) is 24.9 Å². The average molecular weight is 175 g/mol. The molecule has 0 aliphatic rings. The van der Waals surface area contributed by atoms with Gasteiger partial charge in [-0.3, -0.25) is 0 Å². The average Bonchev–Trinajstić information content (AvgIpc) is 2.02. The highest BCUT2D eigenvalue weighted by Crippen LogP contribution is 2.14. The largest absolute Gasteiger partial charge is 0.405 e. The van der Waals surface area contributed by atoms with Crippen LogP contribution >= 0.6 is 0 Å². The van der Waals surface area contributed by atoms with Crippen LogP contribution < -0.4 is 5.32 Å². The second kappa shape index (κ2) is 3.42.